The molecule has 1 aliphatic rings. The van der Waals surface area contributed by atoms with E-state index in [9.17, 15) is 9.90 Å². The monoisotopic (exact) mass is 353 g/mol. The zero-order chi connectivity index (χ0) is 18.4. The van der Waals surface area contributed by atoms with E-state index >= 15 is 0 Å². The van der Waals surface area contributed by atoms with Crippen molar-refractivity contribution in [1.82, 2.24) is 4.90 Å². The van der Waals surface area contributed by atoms with E-state index in [4.69, 9.17) is 4.74 Å². The molecule has 1 aliphatic heterocycles. The largest absolute Gasteiger partial charge is 0.483 e. The minimum atomic E-state index is -0.457. The Morgan fingerprint density at radius 2 is 1.77 bits per heavy atom. The van der Waals surface area contributed by atoms with E-state index in [1.807, 2.05) is 59.5 Å². The fraction of sp³-hybridized carbons (Fsp3) is 0.409. The first kappa shape index (κ1) is 18.5. The summed E-state index contributed by atoms with van der Waals surface area (Å²) in [5, 5.41) is 10.6. The third-order valence-corrected chi connectivity index (χ3v) is 5.18. The number of aryl methyl sites for hydroxylation is 1. The first-order chi connectivity index (χ1) is 12.7. The van der Waals surface area contributed by atoms with Crippen molar-refractivity contribution >= 4 is 5.91 Å². The number of carbonyl (C=O) groups is 1. The lowest BCUT2D eigenvalue weighted by atomic mass is 9.87. The number of aliphatic hydroxyl groups excluding tert-OH is 1. The van der Waals surface area contributed by atoms with E-state index in [1.54, 1.807) is 0 Å². The normalized spacial score (nSPS) is 16.3. The maximum Gasteiger partial charge on any atom is 0.260 e. The van der Waals surface area contributed by atoms with Crippen molar-refractivity contribution in [2.75, 3.05) is 19.7 Å². The van der Waals surface area contributed by atoms with Gasteiger partial charge in [0.05, 0.1) is 6.10 Å². The minimum absolute atomic E-state index is 0.0172. The zero-order valence-corrected chi connectivity index (χ0v) is 15.3. The van der Waals surface area contributed by atoms with Gasteiger partial charge in [-0.15, -0.1) is 0 Å². The first-order valence-corrected chi connectivity index (χ1v) is 9.40. The van der Waals surface area contributed by atoms with Crippen LogP contribution in [0.1, 0.15) is 37.0 Å². The molecule has 3 rings (SSSR count). The van der Waals surface area contributed by atoms with Crippen molar-refractivity contribution in [2.24, 2.45) is 5.92 Å². The van der Waals surface area contributed by atoms with Crippen molar-refractivity contribution in [3.8, 4) is 5.75 Å². The Kier molecular flexibility index (Phi) is 6.29. The molecule has 1 fully saturated rings. The molecular weight excluding hydrogens is 326 g/mol. The number of ether oxygens (including phenoxy) is 1. The van der Waals surface area contributed by atoms with Gasteiger partial charge in [-0.05, 0) is 42.4 Å². The van der Waals surface area contributed by atoms with Gasteiger partial charge in [-0.1, -0.05) is 55.5 Å². The van der Waals surface area contributed by atoms with E-state index < -0.39 is 6.10 Å². The summed E-state index contributed by atoms with van der Waals surface area (Å²) in [7, 11) is 0. The maximum atomic E-state index is 12.5. The van der Waals surface area contributed by atoms with Crippen molar-refractivity contribution in [2.45, 2.75) is 32.3 Å². The number of rotatable bonds is 6. The second-order valence-corrected chi connectivity index (χ2v) is 6.82. The molecule has 0 spiro atoms. The van der Waals surface area contributed by atoms with Gasteiger partial charge < -0.3 is 14.7 Å². The Morgan fingerprint density at radius 3 is 2.46 bits per heavy atom. The third kappa shape index (κ3) is 4.44. The summed E-state index contributed by atoms with van der Waals surface area (Å²) in [4.78, 5) is 14.3. The molecule has 0 saturated carbocycles. The standard InChI is InChI=1S/C22H27NO3/c1-2-17-8-6-7-11-20(17)26-16-21(24)23-14-12-19(13-15-23)22(25)18-9-4-3-5-10-18/h3-11,19,22,25H,2,12-16H2,1H3. The number of likely N-dealkylation sites (tertiary alicyclic amines) is 1. The van der Waals surface area contributed by atoms with E-state index in [1.165, 1.54) is 0 Å². The van der Waals surface area contributed by atoms with Crippen LogP contribution in [0.2, 0.25) is 0 Å². The van der Waals surface area contributed by atoms with Crippen LogP contribution in [0.5, 0.6) is 5.75 Å². The molecular formula is C22H27NO3. The lowest BCUT2D eigenvalue weighted by molar-refractivity contribution is -0.135. The van der Waals surface area contributed by atoms with Crippen LogP contribution in [0.3, 0.4) is 0 Å². The van der Waals surface area contributed by atoms with Crippen LogP contribution >= 0.6 is 0 Å². The lowest BCUT2D eigenvalue weighted by Crippen LogP contribution is -2.42. The number of nitrogens with zero attached hydrogens (tertiary/aromatic N) is 1. The number of piperidine rings is 1. The number of hydrogen-bond acceptors (Lipinski definition) is 3. The van der Waals surface area contributed by atoms with E-state index in [0.29, 0.717) is 13.1 Å². The van der Waals surface area contributed by atoms with Gasteiger partial charge >= 0.3 is 0 Å². The topological polar surface area (TPSA) is 49.8 Å². The van der Waals surface area contributed by atoms with Gasteiger partial charge in [0.2, 0.25) is 0 Å². The summed E-state index contributed by atoms with van der Waals surface area (Å²) in [5.41, 5.74) is 2.07. The molecule has 4 heteroatoms. The van der Waals surface area contributed by atoms with Gasteiger partial charge in [-0.3, -0.25) is 4.79 Å². The summed E-state index contributed by atoms with van der Waals surface area (Å²) in [6, 6.07) is 17.6. The third-order valence-electron chi connectivity index (χ3n) is 5.18. The van der Waals surface area contributed by atoms with Gasteiger partial charge in [-0.25, -0.2) is 0 Å². The van der Waals surface area contributed by atoms with E-state index in [2.05, 4.69) is 6.92 Å². The molecule has 0 aliphatic carbocycles. The number of hydrogen-bond donors (Lipinski definition) is 1. The lowest BCUT2D eigenvalue weighted by Gasteiger charge is -2.34. The Balaban J connectivity index is 1.49. The molecule has 2 aromatic carbocycles. The molecule has 138 valence electrons. The van der Waals surface area contributed by atoms with Crippen LogP contribution in [-0.2, 0) is 11.2 Å². The average Bonchev–Trinajstić information content (AvgIpc) is 2.72. The summed E-state index contributed by atoms with van der Waals surface area (Å²) >= 11 is 0. The predicted octanol–water partition coefficient (Wildman–Crippen LogP) is 3.60. The van der Waals surface area contributed by atoms with Crippen LogP contribution in [0.4, 0.5) is 0 Å². The van der Waals surface area contributed by atoms with E-state index in [-0.39, 0.29) is 18.4 Å². The second kappa shape index (κ2) is 8.86. The summed E-state index contributed by atoms with van der Waals surface area (Å²) < 4.78 is 5.75. The first-order valence-electron chi connectivity index (χ1n) is 9.40. The van der Waals surface area contributed by atoms with Crippen LogP contribution in [0, 0.1) is 5.92 Å². The van der Waals surface area contributed by atoms with Gasteiger partial charge in [0, 0.05) is 13.1 Å². The molecule has 26 heavy (non-hydrogen) atoms. The van der Waals surface area contributed by atoms with Crippen molar-refractivity contribution in [1.29, 1.82) is 0 Å². The highest BCUT2D eigenvalue weighted by molar-refractivity contribution is 5.77. The second-order valence-electron chi connectivity index (χ2n) is 6.82. The number of amides is 1. The van der Waals surface area contributed by atoms with Crippen molar-refractivity contribution in [3.63, 3.8) is 0 Å². The summed E-state index contributed by atoms with van der Waals surface area (Å²) in [6.45, 7) is 3.49. The molecule has 1 amide bonds. The molecule has 0 radical (unpaired) electrons. The van der Waals surface area contributed by atoms with Crippen LogP contribution in [0.15, 0.2) is 54.6 Å². The molecule has 1 N–H and O–H groups in total. The SMILES string of the molecule is CCc1ccccc1OCC(=O)N1CCC(C(O)c2ccccc2)CC1. The Morgan fingerprint density at radius 1 is 1.12 bits per heavy atom. The zero-order valence-electron chi connectivity index (χ0n) is 15.3. The average molecular weight is 353 g/mol. The molecule has 4 nitrogen and oxygen atoms in total. The summed E-state index contributed by atoms with van der Waals surface area (Å²) in [6.07, 6.45) is 2.05. The van der Waals surface area contributed by atoms with Gasteiger partial charge in [0.15, 0.2) is 6.61 Å². The highest BCUT2D eigenvalue weighted by atomic mass is 16.5. The fourth-order valence-electron chi connectivity index (χ4n) is 3.55. The molecule has 1 saturated heterocycles. The minimum Gasteiger partial charge on any atom is -0.483 e. The van der Waals surface area contributed by atoms with Crippen molar-refractivity contribution in [3.05, 3.63) is 65.7 Å². The fourth-order valence-corrected chi connectivity index (χ4v) is 3.55. The maximum absolute atomic E-state index is 12.5. The summed E-state index contributed by atoms with van der Waals surface area (Å²) in [5.74, 6) is 1.00. The Bertz CT molecular complexity index is 708. The van der Waals surface area contributed by atoms with Gasteiger partial charge in [0.1, 0.15) is 5.75 Å². The van der Waals surface area contributed by atoms with Crippen molar-refractivity contribution < 1.29 is 14.6 Å². The number of para-hydroxylation sites is 1. The Labute approximate surface area is 155 Å². The molecule has 2 aromatic rings. The van der Waals surface area contributed by atoms with E-state index in [0.717, 1.165) is 36.1 Å². The smallest absolute Gasteiger partial charge is 0.260 e. The predicted molar refractivity (Wildman–Crippen MR) is 102 cm³/mol. The highest BCUT2D eigenvalue weighted by Crippen LogP contribution is 2.30. The van der Waals surface area contributed by atoms with Gasteiger partial charge in [-0.2, -0.15) is 0 Å². The van der Waals surface area contributed by atoms with Crippen LogP contribution < -0.4 is 4.74 Å². The molecule has 0 bridgehead atoms. The quantitative estimate of drug-likeness (QED) is 0.863. The molecule has 1 heterocycles. The highest BCUT2D eigenvalue weighted by Gasteiger charge is 2.28. The van der Waals surface area contributed by atoms with Crippen LogP contribution in [0.25, 0.3) is 0 Å². The molecule has 1 atom stereocenters. The van der Waals surface area contributed by atoms with Crippen LogP contribution in [-0.4, -0.2) is 35.6 Å². The number of benzene rings is 2. The molecule has 1 unspecified atom stereocenters. The number of aliphatic hydroxyl groups is 1. The van der Waals surface area contributed by atoms with Gasteiger partial charge in [0.25, 0.3) is 5.91 Å². The number of carbonyl (C=O) groups excluding carboxylic acids is 1. The molecule has 0 aromatic heterocycles. The Hall–Kier alpha value is -2.33.